The van der Waals surface area contributed by atoms with Crippen molar-refractivity contribution in [3.8, 4) is 0 Å². The molecular weight excluding hydrogens is 236 g/mol. The minimum atomic E-state index is 0.525. The van der Waals surface area contributed by atoms with Crippen LogP contribution in [0.4, 0.5) is 0 Å². The quantitative estimate of drug-likeness (QED) is 0.724. The fourth-order valence-corrected chi connectivity index (χ4v) is 5.43. The average Bonchev–Trinajstić information content (AvgIpc) is 2.62. The Kier molecular flexibility index (Phi) is 2.96. The van der Waals surface area contributed by atoms with E-state index in [1.165, 1.54) is 44.9 Å². The van der Waals surface area contributed by atoms with Crippen LogP contribution in [0.15, 0.2) is 0 Å². The van der Waals surface area contributed by atoms with Crippen LogP contribution in [-0.2, 0) is 4.79 Å². The lowest BCUT2D eigenvalue weighted by atomic mass is 9.80. The molecule has 0 saturated carbocycles. The molecule has 4 saturated heterocycles. The molecule has 19 heavy (non-hydrogen) atoms. The molecule has 4 fully saturated rings. The van der Waals surface area contributed by atoms with E-state index in [0.29, 0.717) is 17.9 Å². The van der Waals surface area contributed by atoms with Crippen molar-refractivity contribution in [2.24, 2.45) is 0 Å². The topological polar surface area (TPSA) is 23.6 Å². The molecule has 0 aromatic heterocycles. The zero-order valence-electron chi connectivity index (χ0n) is 12.1. The summed E-state index contributed by atoms with van der Waals surface area (Å²) < 4.78 is 0. The van der Waals surface area contributed by atoms with Crippen molar-refractivity contribution in [2.45, 2.75) is 88.0 Å². The molecule has 3 heteroatoms. The van der Waals surface area contributed by atoms with E-state index in [1.807, 2.05) is 0 Å². The molecule has 4 bridgehead atoms. The van der Waals surface area contributed by atoms with Gasteiger partial charge in [-0.2, -0.15) is 0 Å². The Morgan fingerprint density at radius 1 is 0.842 bits per heavy atom. The maximum absolute atomic E-state index is 11.8. The molecule has 106 valence electrons. The number of hydrogen-bond acceptors (Lipinski definition) is 3. The maximum Gasteiger partial charge on any atom is 0.136 e. The van der Waals surface area contributed by atoms with Gasteiger partial charge in [0.25, 0.3) is 0 Å². The molecule has 0 amide bonds. The second-order valence-corrected chi connectivity index (χ2v) is 7.31. The normalized spacial score (nSPS) is 47.6. The average molecular weight is 262 g/mol. The van der Waals surface area contributed by atoms with E-state index in [2.05, 4.69) is 16.8 Å². The summed E-state index contributed by atoms with van der Waals surface area (Å²) in [7, 11) is 2.33. The third-order valence-corrected chi connectivity index (χ3v) is 6.34. The fraction of sp³-hybridized carbons (Fsp3) is 0.938. The van der Waals surface area contributed by atoms with Crippen LogP contribution in [0.3, 0.4) is 0 Å². The minimum absolute atomic E-state index is 0.525. The molecule has 4 heterocycles. The highest BCUT2D eigenvalue weighted by Crippen LogP contribution is 2.42. The summed E-state index contributed by atoms with van der Waals surface area (Å²) in [6, 6.07) is 3.60. The van der Waals surface area contributed by atoms with Gasteiger partial charge in [-0.05, 0) is 45.6 Å². The molecule has 0 N–H and O–H groups in total. The van der Waals surface area contributed by atoms with Gasteiger partial charge in [0.05, 0.1) is 0 Å². The summed E-state index contributed by atoms with van der Waals surface area (Å²) in [5, 5.41) is 0. The smallest absolute Gasteiger partial charge is 0.136 e. The number of carbonyl (C=O) groups excluding carboxylic acids is 1. The van der Waals surface area contributed by atoms with Crippen molar-refractivity contribution >= 4 is 5.78 Å². The van der Waals surface area contributed by atoms with E-state index in [4.69, 9.17) is 0 Å². The summed E-state index contributed by atoms with van der Waals surface area (Å²) in [4.78, 5) is 17.2. The first-order valence-electron chi connectivity index (χ1n) is 8.23. The molecule has 0 spiro atoms. The number of rotatable bonds is 1. The van der Waals surface area contributed by atoms with Gasteiger partial charge in [0, 0.05) is 43.1 Å². The summed E-state index contributed by atoms with van der Waals surface area (Å²) in [6.45, 7) is 0. The molecule has 0 aromatic carbocycles. The zero-order chi connectivity index (χ0) is 13.0. The molecule has 0 aliphatic carbocycles. The number of Topliss-reactive ketones (excluding diaryl/α,β-unsaturated/α-hetero) is 1. The highest BCUT2D eigenvalue weighted by molar-refractivity contribution is 5.81. The van der Waals surface area contributed by atoms with E-state index in [9.17, 15) is 4.79 Å². The Labute approximate surface area is 116 Å². The number of piperidine rings is 3. The van der Waals surface area contributed by atoms with Crippen LogP contribution in [0.5, 0.6) is 0 Å². The highest BCUT2D eigenvalue weighted by Gasteiger charge is 2.47. The standard InChI is InChI=1S/C16H26N2O/c1-17-11-3-2-4-12(17)8-15(7-11)18-13-5-6-14(18)10-16(19)9-13/h11-15H,2-10H2,1H3. The Morgan fingerprint density at radius 2 is 1.42 bits per heavy atom. The Hall–Kier alpha value is -0.410. The molecule has 0 radical (unpaired) electrons. The summed E-state index contributed by atoms with van der Waals surface area (Å²) in [6.07, 6.45) is 11.2. The van der Waals surface area contributed by atoms with Gasteiger partial charge in [-0.15, -0.1) is 0 Å². The van der Waals surface area contributed by atoms with Gasteiger partial charge in [0.2, 0.25) is 0 Å². The van der Waals surface area contributed by atoms with Crippen LogP contribution in [0.2, 0.25) is 0 Å². The molecule has 4 atom stereocenters. The van der Waals surface area contributed by atoms with Crippen molar-refractivity contribution in [1.82, 2.24) is 9.80 Å². The van der Waals surface area contributed by atoms with Crippen LogP contribution in [-0.4, -0.2) is 52.8 Å². The maximum atomic E-state index is 11.8. The first-order valence-corrected chi connectivity index (χ1v) is 8.23. The first kappa shape index (κ1) is 12.3. The number of fused-ring (bicyclic) bond motifs is 4. The van der Waals surface area contributed by atoms with Crippen molar-refractivity contribution in [3.63, 3.8) is 0 Å². The SMILES string of the molecule is CN1C2CCCC1CC(N1C3CCC1CC(=O)C3)C2. The number of carbonyl (C=O) groups is 1. The Balaban J connectivity index is 1.53. The van der Waals surface area contributed by atoms with Crippen molar-refractivity contribution in [1.29, 1.82) is 0 Å². The van der Waals surface area contributed by atoms with E-state index in [-0.39, 0.29) is 0 Å². The van der Waals surface area contributed by atoms with Crippen molar-refractivity contribution in [2.75, 3.05) is 7.05 Å². The molecule has 0 aromatic rings. The lowest BCUT2D eigenvalue weighted by Crippen LogP contribution is -2.58. The second-order valence-electron chi connectivity index (χ2n) is 7.31. The summed E-state index contributed by atoms with van der Waals surface area (Å²) in [5.74, 6) is 0.525. The zero-order valence-corrected chi connectivity index (χ0v) is 12.1. The Bertz CT molecular complexity index is 353. The predicted molar refractivity (Wildman–Crippen MR) is 75.1 cm³/mol. The van der Waals surface area contributed by atoms with E-state index in [1.54, 1.807) is 0 Å². The number of nitrogens with zero attached hydrogens (tertiary/aromatic N) is 2. The van der Waals surface area contributed by atoms with Gasteiger partial charge in [-0.1, -0.05) is 6.42 Å². The minimum Gasteiger partial charge on any atom is -0.300 e. The van der Waals surface area contributed by atoms with E-state index < -0.39 is 0 Å². The lowest BCUT2D eigenvalue weighted by molar-refractivity contribution is -0.125. The van der Waals surface area contributed by atoms with E-state index >= 15 is 0 Å². The third kappa shape index (κ3) is 1.97. The molecule has 4 aliphatic heterocycles. The second kappa shape index (κ2) is 4.56. The van der Waals surface area contributed by atoms with Crippen LogP contribution < -0.4 is 0 Å². The summed E-state index contributed by atoms with van der Waals surface area (Å²) >= 11 is 0. The van der Waals surface area contributed by atoms with Gasteiger partial charge in [0.1, 0.15) is 5.78 Å². The van der Waals surface area contributed by atoms with Gasteiger partial charge >= 0.3 is 0 Å². The molecule has 4 aliphatic rings. The van der Waals surface area contributed by atoms with Crippen LogP contribution >= 0.6 is 0 Å². The fourth-order valence-electron chi connectivity index (χ4n) is 5.43. The molecule has 4 unspecified atom stereocenters. The van der Waals surface area contributed by atoms with Gasteiger partial charge < -0.3 is 4.90 Å². The predicted octanol–water partition coefficient (Wildman–Crippen LogP) is 2.20. The molecule has 4 rings (SSSR count). The van der Waals surface area contributed by atoms with Crippen LogP contribution in [0.1, 0.15) is 57.8 Å². The highest BCUT2D eigenvalue weighted by atomic mass is 16.1. The monoisotopic (exact) mass is 262 g/mol. The van der Waals surface area contributed by atoms with Gasteiger partial charge in [-0.25, -0.2) is 0 Å². The number of ketones is 1. The summed E-state index contributed by atoms with van der Waals surface area (Å²) in [5.41, 5.74) is 0. The van der Waals surface area contributed by atoms with Crippen molar-refractivity contribution < 1.29 is 4.79 Å². The third-order valence-electron chi connectivity index (χ3n) is 6.34. The van der Waals surface area contributed by atoms with Crippen molar-refractivity contribution in [3.05, 3.63) is 0 Å². The van der Waals surface area contributed by atoms with E-state index in [0.717, 1.165) is 31.0 Å². The molecular formula is C16H26N2O. The van der Waals surface area contributed by atoms with Gasteiger partial charge in [0.15, 0.2) is 0 Å². The largest absolute Gasteiger partial charge is 0.300 e. The van der Waals surface area contributed by atoms with Crippen LogP contribution in [0, 0.1) is 0 Å². The lowest BCUT2D eigenvalue weighted by Gasteiger charge is -2.52. The first-order chi connectivity index (χ1) is 9.22. The van der Waals surface area contributed by atoms with Gasteiger partial charge in [-0.3, -0.25) is 9.69 Å². The number of hydrogen-bond donors (Lipinski definition) is 0. The molecule has 3 nitrogen and oxygen atoms in total. The van der Waals surface area contributed by atoms with Crippen LogP contribution in [0.25, 0.3) is 0 Å². The Morgan fingerprint density at radius 3 is 2.00 bits per heavy atom.